The van der Waals surface area contributed by atoms with Crippen LogP contribution in [0.4, 0.5) is 11.4 Å². The van der Waals surface area contributed by atoms with Crippen LogP contribution in [-0.2, 0) is 14.4 Å². The van der Waals surface area contributed by atoms with E-state index in [0.29, 0.717) is 35.9 Å². The average molecular weight is 553 g/mol. The van der Waals surface area contributed by atoms with Gasteiger partial charge in [0.25, 0.3) is 5.91 Å². The van der Waals surface area contributed by atoms with Crippen molar-refractivity contribution in [2.75, 3.05) is 30.5 Å². The van der Waals surface area contributed by atoms with Gasteiger partial charge in [0, 0.05) is 11.4 Å². The molecule has 3 aromatic rings. The molecule has 0 saturated heterocycles. The first kappa shape index (κ1) is 29.0. The van der Waals surface area contributed by atoms with Crippen molar-refractivity contribution in [1.29, 1.82) is 0 Å². The van der Waals surface area contributed by atoms with E-state index in [4.69, 9.17) is 25.8 Å². The number of para-hydroxylation sites is 1. The number of nitrogens with one attached hydrogen (secondary N) is 3. The van der Waals surface area contributed by atoms with E-state index in [1.54, 1.807) is 61.5 Å². The Morgan fingerprint density at radius 2 is 1.59 bits per heavy atom. The van der Waals surface area contributed by atoms with Crippen LogP contribution in [0.5, 0.6) is 17.2 Å². The molecule has 0 atom stereocenters. The van der Waals surface area contributed by atoms with Crippen molar-refractivity contribution < 1.29 is 28.6 Å². The third kappa shape index (κ3) is 9.35. The van der Waals surface area contributed by atoms with Gasteiger partial charge in [-0.15, -0.1) is 0 Å². The van der Waals surface area contributed by atoms with Crippen LogP contribution < -0.4 is 30.3 Å². The van der Waals surface area contributed by atoms with Crippen LogP contribution in [0.2, 0.25) is 5.02 Å². The van der Waals surface area contributed by atoms with E-state index in [1.807, 2.05) is 13.0 Å². The molecular weight excluding hydrogens is 524 g/mol. The zero-order chi connectivity index (χ0) is 28.0. The zero-order valence-electron chi connectivity index (χ0n) is 21.5. The molecule has 0 spiro atoms. The van der Waals surface area contributed by atoms with Gasteiger partial charge in [0.1, 0.15) is 5.75 Å². The lowest BCUT2D eigenvalue weighted by Crippen LogP contribution is -2.32. The summed E-state index contributed by atoms with van der Waals surface area (Å²) in [6, 6.07) is 18.7. The molecular formula is C28H29ClN4O6. The Balaban J connectivity index is 1.56. The fourth-order valence-corrected chi connectivity index (χ4v) is 3.45. The van der Waals surface area contributed by atoms with Crippen LogP contribution in [-0.4, -0.2) is 43.8 Å². The number of nitrogens with zero attached hydrogens (tertiary/aromatic N) is 1. The highest BCUT2D eigenvalue weighted by Crippen LogP contribution is 2.36. The van der Waals surface area contributed by atoms with Crippen molar-refractivity contribution >= 4 is 46.9 Å². The van der Waals surface area contributed by atoms with Gasteiger partial charge in [-0.1, -0.05) is 36.7 Å². The molecule has 3 rings (SSSR count). The molecule has 0 fully saturated rings. The molecule has 3 N–H and O–H groups in total. The number of hydrogen-bond acceptors (Lipinski definition) is 7. The number of ether oxygens (including phenoxy) is 3. The molecule has 204 valence electrons. The molecule has 0 unspecified atom stereocenters. The maximum atomic E-state index is 12.2. The predicted octanol–water partition coefficient (Wildman–Crippen LogP) is 4.63. The van der Waals surface area contributed by atoms with Crippen LogP contribution in [0, 0.1) is 0 Å². The fourth-order valence-electron chi connectivity index (χ4n) is 3.18. The number of hydrogen-bond donors (Lipinski definition) is 3. The number of carbonyl (C=O) groups is 3. The second-order valence-corrected chi connectivity index (χ2v) is 8.40. The molecule has 0 bridgehead atoms. The number of anilines is 2. The summed E-state index contributed by atoms with van der Waals surface area (Å²) in [7, 11) is 0. The second kappa shape index (κ2) is 15.0. The summed E-state index contributed by atoms with van der Waals surface area (Å²) < 4.78 is 16.7. The number of benzene rings is 3. The zero-order valence-corrected chi connectivity index (χ0v) is 22.3. The van der Waals surface area contributed by atoms with Crippen molar-refractivity contribution in [3.63, 3.8) is 0 Å². The summed E-state index contributed by atoms with van der Waals surface area (Å²) in [5, 5.41) is 9.20. The summed E-state index contributed by atoms with van der Waals surface area (Å²) in [6.45, 7) is 4.39. The summed E-state index contributed by atoms with van der Waals surface area (Å²) in [5.41, 5.74) is 3.70. The van der Waals surface area contributed by atoms with Crippen molar-refractivity contribution in [2.45, 2.75) is 20.3 Å². The molecule has 3 aromatic carbocycles. The Labute approximate surface area is 231 Å². The Hall–Kier alpha value is -4.57. The van der Waals surface area contributed by atoms with E-state index in [-0.39, 0.29) is 29.0 Å². The van der Waals surface area contributed by atoms with E-state index in [1.165, 1.54) is 12.3 Å². The van der Waals surface area contributed by atoms with Gasteiger partial charge in [-0.05, 0) is 67.4 Å². The minimum absolute atomic E-state index is 0.172. The van der Waals surface area contributed by atoms with Crippen molar-refractivity contribution in [2.24, 2.45) is 5.10 Å². The van der Waals surface area contributed by atoms with Gasteiger partial charge < -0.3 is 24.8 Å². The topological polar surface area (TPSA) is 127 Å². The minimum Gasteiger partial charge on any atom is -0.494 e. The number of halogens is 1. The van der Waals surface area contributed by atoms with E-state index < -0.39 is 11.8 Å². The summed E-state index contributed by atoms with van der Waals surface area (Å²) >= 11 is 6.38. The van der Waals surface area contributed by atoms with Crippen LogP contribution >= 0.6 is 11.6 Å². The maximum absolute atomic E-state index is 12.2. The van der Waals surface area contributed by atoms with Gasteiger partial charge in [-0.25, -0.2) is 5.43 Å². The first-order chi connectivity index (χ1) is 18.9. The number of carbonyl (C=O) groups excluding carboxylic acids is 3. The quantitative estimate of drug-likeness (QED) is 0.171. The predicted molar refractivity (Wildman–Crippen MR) is 150 cm³/mol. The fraction of sp³-hybridized carbons (Fsp3) is 0.214. The Kier molecular flexibility index (Phi) is 11.1. The highest BCUT2D eigenvalue weighted by atomic mass is 35.5. The number of hydrazone groups is 1. The first-order valence-electron chi connectivity index (χ1n) is 12.2. The lowest BCUT2D eigenvalue weighted by Gasteiger charge is -2.14. The number of amides is 3. The van der Waals surface area contributed by atoms with Gasteiger partial charge in [-0.2, -0.15) is 5.10 Å². The summed E-state index contributed by atoms with van der Waals surface area (Å²) in [4.78, 5) is 36.6. The molecule has 0 saturated carbocycles. The van der Waals surface area contributed by atoms with Gasteiger partial charge in [-0.3, -0.25) is 14.4 Å². The SMILES string of the molecule is CCCOc1ccc(NC(=O)C(=O)N/N=C\c2cc(Cl)c(OCC(=O)Nc3ccccc3)c(OCC)c2)cc1. The van der Waals surface area contributed by atoms with Crippen molar-refractivity contribution in [1.82, 2.24) is 5.43 Å². The lowest BCUT2D eigenvalue weighted by atomic mass is 10.2. The third-order valence-electron chi connectivity index (χ3n) is 4.91. The molecule has 0 radical (unpaired) electrons. The van der Waals surface area contributed by atoms with Crippen LogP contribution in [0.15, 0.2) is 71.8 Å². The summed E-state index contributed by atoms with van der Waals surface area (Å²) in [6.07, 6.45) is 2.18. The summed E-state index contributed by atoms with van der Waals surface area (Å²) in [5.74, 6) is -1.08. The van der Waals surface area contributed by atoms with E-state index in [2.05, 4.69) is 21.2 Å². The van der Waals surface area contributed by atoms with Crippen LogP contribution in [0.3, 0.4) is 0 Å². The molecule has 0 aliphatic heterocycles. The van der Waals surface area contributed by atoms with E-state index in [9.17, 15) is 14.4 Å². The molecule has 0 heterocycles. The molecule has 0 aliphatic carbocycles. The van der Waals surface area contributed by atoms with Gasteiger partial charge in [0.15, 0.2) is 18.1 Å². The van der Waals surface area contributed by atoms with Gasteiger partial charge in [0.2, 0.25) is 0 Å². The average Bonchev–Trinajstić information content (AvgIpc) is 2.93. The standard InChI is InChI=1S/C28H29ClN4O6/c1-3-14-38-22-12-10-21(11-13-22)32-27(35)28(36)33-30-17-19-15-23(29)26(24(16-19)37-4-2)39-18-25(34)31-20-8-6-5-7-9-20/h5-13,15-17H,3-4,14,18H2,1-2H3,(H,31,34)(H,32,35)(H,33,36)/b30-17-. The van der Waals surface area contributed by atoms with Gasteiger partial charge in [0.05, 0.1) is 24.5 Å². The molecule has 11 heteroatoms. The van der Waals surface area contributed by atoms with Crippen molar-refractivity contribution in [3.8, 4) is 17.2 Å². The Morgan fingerprint density at radius 3 is 2.28 bits per heavy atom. The molecule has 0 aromatic heterocycles. The molecule has 39 heavy (non-hydrogen) atoms. The third-order valence-corrected chi connectivity index (χ3v) is 5.19. The van der Waals surface area contributed by atoms with Crippen LogP contribution in [0.1, 0.15) is 25.8 Å². The monoisotopic (exact) mass is 552 g/mol. The number of rotatable bonds is 12. The Morgan fingerprint density at radius 1 is 0.872 bits per heavy atom. The van der Waals surface area contributed by atoms with E-state index >= 15 is 0 Å². The molecule has 10 nitrogen and oxygen atoms in total. The van der Waals surface area contributed by atoms with Gasteiger partial charge >= 0.3 is 11.8 Å². The molecule has 0 aliphatic rings. The molecule has 3 amide bonds. The van der Waals surface area contributed by atoms with E-state index in [0.717, 1.165) is 6.42 Å². The maximum Gasteiger partial charge on any atom is 0.329 e. The highest BCUT2D eigenvalue weighted by molar-refractivity contribution is 6.39. The minimum atomic E-state index is -0.960. The van der Waals surface area contributed by atoms with Crippen molar-refractivity contribution in [3.05, 3.63) is 77.3 Å². The smallest absolute Gasteiger partial charge is 0.329 e. The lowest BCUT2D eigenvalue weighted by molar-refractivity contribution is -0.136. The highest BCUT2D eigenvalue weighted by Gasteiger charge is 2.15. The normalized spacial score (nSPS) is 10.5. The van der Waals surface area contributed by atoms with Crippen LogP contribution in [0.25, 0.3) is 0 Å². The second-order valence-electron chi connectivity index (χ2n) is 7.99. The Bertz CT molecular complexity index is 1300. The first-order valence-corrected chi connectivity index (χ1v) is 12.6. The largest absolute Gasteiger partial charge is 0.494 e.